The number of hydrogen-bond acceptors (Lipinski definition) is 8. The minimum absolute atomic E-state index is 0.117. The molecule has 0 aliphatic heterocycles. The van der Waals surface area contributed by atoms with Crippen molar-refractivity contribution >= 4 is 56.4 Å². The molecule has 0 fully saturated rings. The Bertz CT molecular complexity index is 893. The fraction of sp³-hybridized carbons (Fsp3) is 0.368. The summed E-state index contributed by atoms with van der Waals surface area (Å²) in [7, 11) is 0. The summed E-state index contributed by atoms with van der Waals surface area (Å²) in [5, 5.41) is 9.19. The Labute approximate surface area is 181 Å². The Hall–Kier alpha value is -2.46. The number of aromatic nitrogens is 1. The van der Waals surface area contributed by atoms with E-state index < -0.39 is 11.7 Å². The van der Waals surface area contributed by atoms with Crippen LogP contribution < -0.4 is 10.7 Å². The van der Waals surface area contributed by atoms with Crippen LogP contribution in [0.2, 0.25) is 0 Å². The van der Waals surface area contributed by atoms with Gasteiger partial charge in [0.1, 0.15) is 5.60 Å². The fourth-order valence-corrected chi connectivity index (χ4v) is 3.14. The number of ether oxygens (including phenoxy) is 2. The van der Waals surface area contributed by atoms with Gasteiger partial charge in [-0.05, 0) is 39.8 Å². The number of hydrazone groups is 1. The Balaban J connectivity index is 2.02. The van der Waals surface area contributed by atoms with Gasteiger partial charge < -0.3 is 9.47 Å². The first-order chi connectivity index (χ1) is 13.7. The smallest absolute Gasteiger partial charge is 0.412 e. The molecule has 1 amide bonds. The molecule has 1 heterocycles. The van der Waals surface area contributed by atoms with Crippen LogP contribution in [0.5, 0.6) is 0 Å². The lowest BCUT2D eigenvalue weighted by Crippen LogP contribution is -2.27. The minimum Gasteiger partial charge on any atom is -0.466 e. The summed E-state index contributed by atoms with van der Waals surface area (Å²) in [6.45, 7) is 7.48. The van der Waals surface area contributed by atoms with Crippen molar-refractivity contribution in [3.8, 4) is 0 Å². The average molecular weight is 483 g/mol. The van der Waals surface area contributed by atoms with Crippen LogP contribution in [0.4, 0.5) is 15.6 Å². The number of nitrogens with zero attached hydrogens (tertiary/aromatic N) is 2. The van der Waals surface area contributed by atoms with Crippen LogP contribution in [0.15, 0.2) is 33.2 Å². The van der Waals surface area contributed by atoms with Crippen LogP contribution >= 0.6 is 27.3 Å². The Morgan fingerprint density at radius 2 is 2.10 bits per heavy atom. The molecule has 0 aliphatic rings. The molecular formula is C19H23BrN4O4S. The predicted molar refractivity (Wildman–Crippen MR) is 118 cm³/mol. The van der Waals surface area contributed by atoms with Crippen molar-refractivity contribution in [2.45, 2.75) is 39.7 Å². The second kappa shape index (κ2) is 10.4. The van der Waals surface area contributed by atoms with Gasteiger partial charge in [0.2, 0.25) is 5.13 Å². The average Bonchev–Trinajstić information content (AvgIpc) is 3.02. The highest BCUT2D eigenvalue weighted by atomic mass is 79.9. The van der Waals surface area contributed by atoms with Crippen LogP contribution in [0.3, 0.4) is 0 Å². The second-order valence-corrected chi connectivity index (χ2v) is 8.63. The molecule has 0 spiro atoms. The van der Waals surface area contributed by atoms with Crippen molar-refractivity contribution in [3.05, 3.63) is 39.3 Å². The quantitative estimate of drug-likeness (QED) is 0.333. The van der Waals surface area contributed by atoms with Gasteiger partial charge in [-0.2, -0.15) is 5.10 Å². The van der Waals surface area contributed by atoms with Crippen molar-refractivity contribution in [3.63, 3.8) is 0 Å². The van der Waals surface area contributed by atoms with Crippen LogP contribution in [0.1, 0.15) is 39.0 Å². The number of nitrogens with one attached hydrogen (secondary N) is 2. The third-order valence-electron chi connectivity index (χ3n) is 3.20. The Morgan fingerprint density at radius 3 is 2.79 bits per heavy atom. The Kier molecular flexibility index (Phi) is 8.15. The number of amides is 1. The summed E-state index contributed by atoms with van der Waals surface area (Å²) < 4.78 is 11.0. The van der Waals surface area contributed by atoms with E-state index in [-0.39, 0.29) is 12.4 Å². The third-order valence-corrected chi connectivity index (χ3v) is 4.49. The number of anilines is 2. The minimum atomic E-state index is -0.599. The van der Waals surface area contributed by atoms with Gasteiger partial charge in [-0.15, -0.1) is 11.3 Å². The molecule has 2 N–H and O–H groups in total. The molecule has 0 atom stereocenters. The third kappa shape index (κ3) is 8.20. The first kappa shape index (κ1) is 22.8. The molecule has 1 aromatic heterocycles. The predicted octanol–water partition coefficient (Wildman–Crippen LogP) is 4.80. The van der Waals surface area contributed by atoms with Crippen molar-refractivity contribution in [1.82, 2.24) is 4.98 Å². The van der Waals surface area contributed by atoms with Crippen molar-refractivity contribution in [2.75, 3.05) is 17.3 Å². The number of carbonyl (C=O) groups is 2. The van der Waals surface area contributed by atoms with Crippen LogP contribution in [0.25, 0.3) is 0 Å². The maximum absolute atomic E-state index is 12.1. The molecule has 0 radical (unpaired) electrons. The van der Waals surface area contributed by atoms with Gasteiger partial charge in [0.15, 0.2) is 0 Å². The molecule has 0 saturated carbocycles. The monoisotopic (exact) mass is 482 g/mol. The van der Waals surface area contributed by atoms with E-state index in [1.165, 1.54) is 11.3 Å². The number of thiazole rings is 1. The maximum atomic E-state index is 12.1. The van der Waals surface area contributed by atoms with Crippen molar-refractivity contribution < 1.29 is 19.1 Å². The van der Waals surface area contributed by atoms with Crippen LogP contribution in [-0.2, 0) is 20.7 Å². The highest BCUT2D eigenvalue weighted by molar-refractivity contribution is 9.10. The molecule has 0 saturated heterocycles. The lowest BCUT2D eigenvalue weighted by molar-refractivity contribution is -0.142. The Morgan fingerprint density at radius 1 is 1.34 bits per heavy atom. The van der Waals surface area contributed by atoms with Crippen molar-refractivity contribution in [2.24, 2.45) is 5.10 Å². The molecule has 2 rings (SSSR count). The second-order valence-electron chi connectivity index (χ2n) is 6.85. The first-order valence-electron chi connectivity index (χ1n) is 8.85. The lowest BCUT2D eigenvalue weighted by Gasteiger charge is -2.20. The fourth-order valence-electron chi connectivity index (χ4n) is 2.12. The molecular weight excluding hydrogens is 460 g/mol. The zero-order chi connectivity index (χ0) is 21.4. The zero-order valence-corrected chi connectivity index (χ0v) is 19.0. The van der Waals surface area contributed by atoms with E-state index >= 15 is 0 Å². The normalized spacial score (nSPS) is 11.3. The van der Waals surface area contributed by atoms with Gasteiger partial charge in [0.05, 0.1) is 30.6 Å². The van der Waals surface area contributed by atoms with Gasteiger partial charge >= 0.3 is 12.1 Å². The van der Waals surface area contributed by atoms with Gasteiger partial charge in [0.25, 0.3) is 0 Å². The molecule has 0 unspecified atom stereocenters. The number of halogens is 1. The lowest BCUT2D eigenvalue weighted by atomic mass is 10.2. The first-order valence-corrected chi connectivity index (χ1v) is 10.5. The van der Waals surface area contributed by atoms with Gasteiger partial charge in [0, 0.05) is 15.4 Å². The van der Waals surface area contributed by atoms with E-state index in [0.29, 0.717) is 28.7 Å². The number of carbonyl (C=O) groups excluding carboxylic acids is 2. The zero-order valence-electron chi connectivity index (χ0n) is 16.6. The summed E-state index contributed by atoms with van der Waals surface area (Å²) in [6.07, 6.45) is 1.12. The molecule has 1 aromatic carbocycles. The molecule has 156 valence electrons. The summed E-state index contributed by atoms with van der Waals surface area (Å²) >= 11 is 4.71. The standard InChI is InChI=1S/C19H23BrN4O4S/c1-5-27-16(25)9-14-11-29-17(22-14)24-21-10-12-6-7-13(20)8-15(12)23-18(26)28-19(2,3)4/h6-8,10-11H,5,9H2,1-4H3,(H,22,24)(H,23,26). The topological polar surface area (TPSA) is 102 Å². The summed E-state index contributed by atoms with van der Waals surface area (Å²) in [5.74, 6) is -0.319. The molecule has 29 heavy (non-hydrogen) atoms. The SMILES string of the molecule is CCOC(=O)Cc1csc(NN=Cc2ccc(Br)cc2NC(=O)OC(C)(C)C)n1. The summed E-state index contributed by atoms with van der Waals surface area (Å²) in [4.78, 5) is 27.9. The molecule has 2 aromatic rings. The van der Waals surface area contributed by atoms with E-state index in [9.17, 15) is 9.59 Å². The highest BCUT2D eigenvalue weighted by Gasteiger charge is 2.17. The number of rotatable bonds is 7. The highest BCUT2D eigenvalue weighted by Crippen LogP contribution is 2.22. The van der Waals surface area contributed by atoms with Gasteiger partial charge in [-0.3, -0.25) is 15.5 Å². The number of esters is 1. The van der Waals surface area contributed by atoms with Crippen molar-refractivity contribution in [1.29, 1.82) is 0 Å². The maximum Gasteiger partial charge on any atom is 0.412 e. The van der Waals surface area contributed by atoms with E-state index in [2.05, 4.69) is 36.8 Å². The number of benzene rings is 1. The van der Waals surface area contributed by atoms with Crippen LogP contribution in [0, 0.1) is 0 Å². The summed E-state index contributed by atoms with van der Waals surface area (Å²) in [5.41, 5.74) is 4.05. The number of hydrogen-bond donors (Lipinski definition) is 2. The summed E-state index contributed by atoms with van der Waals surface area (Å²) in [6, 6.07) is 5.39. The molecule has 0 aliphatic carbocycles. The van der Waals surface area contributed by atoms with Gasteiger partial charge in [-0.25, -0.2) is 9.78 Å². The molecule has 8 nitrogen and oxygen atoms in total. The van der Waals surface area contributed by atoms with E-state index in [1.807, 2.05) is 6.07 Å². The van der Waals surface area contributed by atoms with Gasteiger partial charge in [-0.1, -0.05) is 22.0 Å². The largest absolute Gasteiger partial charge is 0.466 e. The van der Waals surface area contributed by atoms with E-state index in [0.717, 1.165) is 4.47 Å². The van der Waals surface area contributed by atoms with Crippen LogP contribution in [-0.4, -0.2) is 35.5 Å². The molecule has 0 bridgehead atoms. The van der Waals surface area contributed by atoms with E-state index in [1.54, 1.807) is 51.4 Å². The van der Waals surface area contributed by atoms with E-state index in [4.69, 9.17) is 9.47 Å². The molecule has 10 heteroatoms.